The Bertz CT molecular complexity index is 1720. The first-order chi connectivity index (χ1) is 23.1. The summed E-state index contributed by atoms with van der Waals surface area (Å²) in [6, 6.07) is 49.9. The molecule has 0 aromatic heterocycles. The molecule has 3 heteroatoms. The van der Waals surface area contributed by atoms with Gasteiger partial charge in [-0.15, -0.1) is 131 Å². The SMILES string of the molecule is CC(C)(C)c1c[c-]c2c(c1)-c1cc(C(C)(C)C)ccc1C2.Cl.Cl.[C-]1=CC=CC1.[CH2]=[Zr].[c-]1cccc2ccccc12.[c-]1cccc2ccccc12. The molecule has 6 aromatic carbocycles. The van der Waals surface area contributed by atoms with Crippen LogP contribution in [0.2, 0.25) is 0 Å². The summed E-state index contributed by atoms with van der Waals surface area (Å²) in [4.78, 5) is 0. The molecule has 0 atom stereocenters. The first kappa shape index (κ1) is 42.8. The Hall–Kier alpha value is -3.35. The van der Waals surface area contributed by atoms with Gasteiger partial charge in [0.25, 0.3) is 0 Å². The van der Waals surface area contributed by atoms with Gasteiger partial charge in [0.1, 0.15) is 0 Å². The van der Waals surface area contributed by atoms with Crippen LogP contribution in [0.1, 0.15) is 70.2 Å². The van der Waals surface area contributed by atoms with Crippen LogP contribution < -0.4 is 0 Å². The molecule has 0 saturated heterocycles. The predicted octanol–water partition coefficient (Wildman–Crippen LogP) is 13.0. The molecule has 0 unspecified atom stereocenters. The third-order valence-corrected chi connectivity index (χ3v) is 8.26. The van der Waals surface area contributed by atoms with Gasteiger partial charge in [0.15, 0.2) is 0 Å². The zero-order valence-electron chi connectivity index (χ0n) is 30.1. The third-order valence-electron chi connectivity index (χ3n) is 8.26. The van der Waals surface area contributed by atoms with E-state index >= 15 is 0 Å². The third kappa shape index (κ3) is 12.2. The zero-order chi connectivity index (χ0) is 34.6. The Balaban J connectivity index is 0.000000251. The van der Waals surface area contributed by atoms with Gasteiger partial charge in [0, 0.05) is 0 Å². The second-order valence-corrected chi connectivity index (χ2v) is 13.8. The fraction of sp³-hybridized carbons (Fsp3) is 0.213. The van der Waals surface area contributed by atoms with Gasteiger partial charge >= 0.3 is 28.4 Å². The Kier molecular flexibility index (Phi) is 17.5. The summed E-state index contributed by atoms with van der Waals surface area (Å²) in [6.07, 6.45) is 11.0. The molecule has 0 spiro atoms. The Morgan fingerprint density at radius 3 is 1.58 bits per heavy atom. The van der Waals surface area contributed by atoms with E-state index in [-0.39, 0.29) is 35.6 Å². The average molecular weight is 775 g/mol. The van der Waals surface area contributed by atoms with Crippen LogP contribution in [0.3, 0.4) is 0 Å². The number of rotatable bonds is 0. The van der Waals surface area contributed by atoms with Crippen LogP contribution in [0.4, 0.5) is 0 Å². The first-order valence-corrected chi connectivity index (χ1v) is 18.3. The smallest absolute Gasteiger partial charge is 0.0801 e. The minimum Gasteiger partial charge on any atom is -0.147 e. The van der Waals surface area contributed by atoms with Crippen molar-refractivity contribution < 1.29 is 24.2 Å². The molecule has 0 fully saturated rings. The largest absolute Gasteiger partial charge is 0.147 e. The van der Waals surface area contributed by atoms with Gasteiger partial charge in [0.05, 0.1) is 0 Å². The van der Waals surface area contributed by atoms with Gasteiger partial charge in [-0.25, -0.2) is 12.2 Å². The molecule has 0 N–H and O–H groups in total. The van der Waals surface area contributed by atoms with Crippen LogP contribution in [0.5, 0.6) is 0 Å². The number of hydrogen-bond donors (Lipinski definition) is 0. The minimum absolute atomic E-state index is 0. The number of fused-ring (bicyclic) bond motifs is 5. The summed E-state index contributed by atoms with van der Waals surface area (Å²) >= 11 is 1.30. The maximum Gasteiger partial charge on any atom is -0.0801 e. The first-order valence-electron chi connectivity index (χ1n) is 16.6. The molecule has 50 heavy (non-hydrogen) atoms. The second-order valence-electron chi connectivity index (χ2n) is 13.8. The topological polar surface area (TPSA) is 0 Å². The molecular weight excluding hydrogens is 727 g/mol. The van der Waals surface area contributed by atoms with Crippen LogP contribution in [0.15, 0.2) is 133 Å². The fourth-order valence-corrected chi connectivity index (χ4v) is 5.45. The predicted molar refractivity (Wildman–Crippen MR) is 220 cm³/mol. The number of hydrogen-bond acceptors (Lipinski definition) is 0. The average Bonchev–Trinajstić information content (AvgIpc) is 3.81. The Morgan fingerprint density at radius 2 is 1.12 bits per heavy atom. The molecule has 2 aliphatic carbocycles. The van der Waals surface area contributed by atoms with Crippen LogP contribution in [0.25, 0.3) is 32.7 Å². The summed E-state index contributed by atoms with van der Waals surface area (Å²) < 4.78 is 3.34. The normalized spacial score (nSPS) is 11.7. The van der Waals surface area contributed by atoms with Crippen LogP contribution >= 0.6 is 24.8 Å². The molecule has 0 radical (unpaired) electrons. The van der Waals surface area contributed by atoms with Crippen LogP contribution in [0, 0.1) is 24.3 Å². The van der Waals surface area contributed by atoms with Crippen molar-refractivity contribution in [1.82, 2.24) is 0 Å². The number of halogens is 2. The van der Waals surface area contributed by atoms with E-state index in [1.54, 1.807) is 0 Å². The maximum atomic E-state index is 3.53. The summed E-state index contributed by atoms with van der Waals surface area (Å²) in [5.74, 6) is 0. The van der Waals surface area contributed by atoms with Crippen molar-refractivity contribution in [1.29, 1.82) is 0 Å². The quantitative estimate of drug-likeness (QED) is 0.135. The molecule has 0 saturated carbocycles. The number of benzene rings is 6. The van der Waals surface area contributed by atoms with Gasteiger partial charge in [-0.2, -0.15) is 35.4 Å². The Morgan fingerprint density at radius 1 is 0.600 bits per heavy atom. The van der Waals surface area contributed by atoms with Gasteiger partial charge < -0.3 is 0 Å². The van der Waals surface area contributed by atoms with Crippen molar-refractivity contribution in [3.63, 3.8) is 0 Å². The van der Waals surface area contributed by atoms with Gasteiger partial charge in [0.2, 0.25) is 0 Å². The molecule has 0 bridgehead atoms. The zero-order valence-corrected chi connectivity index (χ0v) is 34.2. The van der Waals surface area contributed by atoms with Crippen molar-refractivity contribution >= 4 is 50.6 Å². The van der Waals surface area contributed by atoms with Crippen molar-refractivity contribution in [3.8, 4) is 11.1 Å². The summed E-state index contributed by atoms with van der Waals surface area (Å²) in [5, 5.41) is 4.88. The molecule has 0 heterocycles. The minimum atomic E-state index is 0. The van der Waals surface area contributed by atoms with Gasteiger partial charge in [-0.05, 0) is 17.4 Å². The monoisotopic (exact) mass is 772 g/mol. The Labute approximate surface area is 328 Å². The van der Waals surface area contributed by atoms with E-state index in [0.29, 0.717) is 0 Å². The molecule has 0 aliphatic heterocycles. The van der Waals surface area contributed by atoms with E-state index in [4.69, 9.17) is 0 Å². The molecule has 6 aromatic rings. The van der Waals surface area contributed by atoms with Gasteiger partial charge in [-0.1, -0.05) is 101 Å². The molecular formula is C47H48Cl2Zr-4. The second kappa shape index (κ2) is 20.5. The van der Waals surface area contributed by atoms with Crippen LogP contribution in [-0.2, 0) is 41.5 Å². The van der Waals surface area contributed by atoms with Crippen molar-refractivity contribution in [3.05, 3.63) is 180 Å². The maximum absolute atomic E-state index is 3.53. The van der Waals surface area contributed by atoms with E-state index < -0.39 is 0 Å². The molecule has 2 aliphatic rings. The summed E-state index contributed by atoms with van der Waals surface area (Å²) in [7, 11) is 0. The van der Waals surface area contributed by atoms with Crippen molar-refractivity contribution in [2.24, 2.45) is 0 Å². The van der Waals surface area contributed by atoms with Crippen LogP contribution in [-0.4, -0.2) is 4.21 Å². The van der Waals surface area contributed by atoms with E-state index in [1.165, 1.54) is 79.2 Å². The van der Waals surface area contributed by atoms with E-state index in [1.807, 2.05) is 60.7 Å². The van der Waals surface area contributed by atoms with Crippen molar-refractivity contribution in [2.45, 2.75) is 65.2 Å². The van der Waals surface area contributed by atoms with E-state index in [9.17, 15) is 0 Å². The van der Waals surface area contributed by atoms with Gasteiger partial charge in [-0.3, -0.25) is 6.08 Å². The summed E-state index contributed by atoms with van der Waals surface area (Å²) in [6.45, 7) is 13.6. The molecule has 0 amide bonds. The molecule has 0 nitrogen and oxygen atoms in total. The van der Waals surface area contributed by atoms with E-state index in [2.05, 4.69) is 143 Å². The molecule has 258 valence electrons. The van der Waals surface area contributed by atoms with Crippen molar-refractivity contribution in [2.75, 3.05) is 0 Å². The number of allylic oxidation sites excluding steroid dienone is 4. The standard InChI is InChI=1S/C21H25.2C10H7.C5H5.CH2.2ClH.Zr/c1-20(2,3)16-9-7-14-11-15-8-10-17(21(4,5)6)13-19(15)18(14)12-16;2*1-2-6-10-8-4-3-7-9(10)5-1;1-2-4-5-3-1;;;;/h7,9-10,12-13H,11H2,1-6H3;2*1-7H;1-3H,4H2;1H2;2*1H;/q4*-1;;;;. The summed E-state index contributed by atoms with van der Waals surface area (Å²) in [5.41, 5.74) is 8.76. The fourth-order valence-electron chi connectivity index (χ4n) is 5.45. The molecule has 8 rings (SSSR count). The van der Waals surface area contributed by atoms with E-state index in [0.717, 1.165) is 12.8 Å².